The standard InChI is InChI=1S/C17H26/c1-5-9-14-12-13-15(10-6-2)17(11-7-3)16(14)8-4/h8,12-13H,4-7,9-11H2,1-3H3. The normalized spacial score (nSPS) is 10.5. The number of hydrogen-bond donors (Lipinski definition) is 0. The van der Waals surface area contributed by atoms with Crippen molar-refractivity contribution in [2.45, 2.75) is 59.3 Å². The first-order chi connectivity index (χ1) is 8.28. The van der Waals surface area contributed by atoms with Crippen molar-refractivity contribution >= 4 is 6.08 Å². The Morgan fingerprint density at radius 3 is 1.94 bits per heavy atom. The summed E-state index contributed by atoms with van der Waals surface area (Å²) < 4.78 is 0. The van der Waals surface area contributed by atoms with E-state index in [1.807, 2.05) is 0 Å². The van der Waals surface area contributed by atoms with E-state index in [0.717, 1.165) is 0 Å². The highest BCUT2D eigenvalue weighted by molar-refractivity contribution is 5.59. The topological polar surface area (TPSA) is 0 Å². The number of aryl methyl sites for hydroxylation is 2. The van der Waals surface area contributed by atoms with E-state index in [1.54, 1.807) is 5.56 Å². The van der Waals surface area contributed by atoms with Crippen molar-refractivity contribution in [3.05, 3.63) is 41.0 Å². The van der Waals surface area contributed by atoms with Gasteiger partial charge in [-0.2, -0.15) is 0 Å². The predicted octanol–water partition coefficient (Wildman–Crippen LogP) is 5.19. The first kappa shape index (κ1) is 14.0. The van der Waals surface area contributed by atoms with Gasteiger partial charge in [-0.05, 0) is 41.5 Å². The third-order valence-electron chi connectivity index (χ3n) is 3.29. The van der Waals surface area contributed by atoms with E-state index in [2.05, 4.69) is 45.6 Å². The molecule has 0 amide bonds. The molecule has 0 saturated heterocycles. The van der Waals surface area contributed by atoms with Gasteiger partial charge in [0.1, 0.15) is 0 Å². The van der Waals surface area contributed by atoms with Crippen LogP contribution in [-0.2, 0) is 19.3 Å². The zero-order chi connectivity index (χ0) is 12.7. The largest absolute Gasteiger partial charge is 0.0984 e. The van der Waals surface area contributed by atoms with Crippen molar-refractivity contribution in [3.63, 3.8) is 0 Å². The first-order valence-corrected chi connectivity index (χ1v) is 7.04. The molecule has 0 atom stereocenters. The van der Waals surface area contributed by atoms with Crippen molar-refractivity contribution in [1.29, 1.82) is 0 Å². The Morgan fingerprint density at radius 2 is 1.41 bits per heavy atom. The van der Waals surface area contributed by atoms with Crippen LogP contribution in [0.3, 0.4) is 0 Å². The quantitative estimate of drug-likeness (QED) is 0.605. The van der Waals surface area contributed by atoms with Crippen molar-refractivity contribution < 1.29 is 0 Å². The molecule has 0 saturated carbocycles. The highest BCUT2D eigenvalue weighted by Crippen LogP contribution is 2.24. The van der Waals surface area contributed by atoms with Crippen LogP contribution in [0.4, 0.5) is 0 Å². The molecule has 0 fully saturated rings. The van der Waals surface area contributed by atoms with Gasteiger partial charge in [0, 0.05) is 0 Å². The maximum absolute atomic E-state index is 4.02. The fourth-order valence-corrected chi connectivity index (χ4v) is 2.55. The van der Waals surface area contributed by atoms with Crippen molar-refractivity contribution in [1.82, 2.24) is 0 Å². The van der Waals surface area contributed by atoms with Crippen LogP contribution >= 0.6 is 0 Å². The Balaban J connectivity index is 3.22. The average molecular weight is 230 g/mol. The zero-order valence-electron chi connectivity index (χ0n) is 11.7. The summed E-state index contributed by atoms with van der Waals surface area (Å²) in [5.41, 5.74) is 5.98. The van der Waals surface area contributed by atoms with Crippen LogP contribution in [0.15, 0.2) is 18.7 Å². The summed E-state index contributed by atoms with van der Waals surface area (Å²) in [5.74, 6) is 0. The maximum atomic E-state index is 4.02. The molecule has 1 rings (SSSR count). The van der Waals surface area contributed by atoms with Gasteiger partial charge in [-0.25, -0.2) is 0 Å². The zero-order valence-corrected chi connectivity index (χ0v) is 11.7. The molecule has 1 aromatic carbocycles. The van der Waals surface area contributed by atoms with E-state index < -0.39 is 0 Å². The molecule has 17 heavy (non-hydrogen) atoms. The fourth-order valence-electron chi connectivity index (χ4n) is 2.55. The first-order valence-electron chi connectivity index (χ1n) is 7.04. The second-order valence-corrected chi connectivity index (χ2v) is 4.73. The molecule has 0 unspecified atom stereocenters. The van der Waals surface area contributed by atoms with E-state index in [9.17, 15) is 0 Å². The van der Waals surface area contributed by atoms with Gasteiger partial charge in [0.25, 0.3) is 0 Å². The lowest BCUT2D eigenvalue weighted by molar-refractivity contribution is 0.847. The third-order valence-corrected chi connectivity index (χ3v) is 3.29. The Labute approximate surface area is 107 Å². The van der Waals surface area contributed by atoms with Gasteiger partial charge in [-0.1, -0.05) is 64.8 Å². The molecule has 0 aromatic heterocycles. The monoisotopic (exact) mass is 230 g/mol. The van der Waals surface area contributed by atoms with Crippen molar-refractivity contribution in [3.8, 4) is 0 Å². The highest BCUT2D eigenvalue weighted by Gasteiger charge is 2.09. The average Bonchev–Trinajstić information content (AvgIpc) is 2.33. The molecule has 0 spiro atoms. The molecular weight excluding hydrogens is 204 g/mol. The Hall–Kier alpha value is -1.04. The molecule has 94 valence electrons. The van der Waals surface area contributed by atoms with E-state index in [4.69, 9.17) is 0 Å². The molecule has 0 radical (unpaired) electrons. The van der Waals surface area contributed by atoms with Gasteiger partial charge in [0.2, 0.25) is 0 Å². The smallest absolute Gasteiger partial charge is 0.0196 e. The third kappa shape index (κ3) is 3.46. The van der Waals surface area contributed by atoms with E-state index in [1.165, 1.54) is 55.2 Å². The van der Waals surface area contributed by atoms with Crippen LogP contribution in [0.5, 0.6) is 0 Å². The van der Waals surface area contributed by atoms with Gasteiger partial charge in [0.15, 0.2) is 0 Å². The van der Waals surface area contributed by atoms with E-state index >= 15 is 0 Å². The molecule has 0 aliphatic rings. The molecule has 0 heterocycles. The lowest BCUT2D eigenvalue weighted by atomic mass is 9.89. The summed E-state index contributed by atoms with van der Waals surface area (Å²) in [6.45, 7) is 10.8. The SMILES string of the molecule is C=Cc1c(CCC)ccc(CCC)c1CCC. The summed E-state index contributed by atoms with van der Waals surface area (Å²) in [7, 11) is 0. The second-order valence-electron chi connectivity index (χ2n) is 4.73. The van der Waals surface area contributed by atoms with Crippen LogP contribution in [-0.4, -0.2) is 0 Å². The summed E-state index contributed by atoms with van der Waals surface area (Å²) >= 11 is 0. The predicted molar refractivity (Wildman–Crippen MR) is 78.5 cm³/mol. The number of hydrogen-bond acceptors (Lipinski definition) is 0. The van der Waals surface area contributed by atoms with Gasteiger partial charge < -0.3 is 0 Å². The van der Waals surface area contributed by atoms with Gasteiger partial charge in [0.05, 0.1) is 0 Å². The lowest BCUT2D eigenvalue weighted by Gasteiger charge is -2.16. The molecule has 1 aromatic rings. The Kier molecular flexibility index (Phi) is 6.04. The summed E-state index contributed by atoms with van der Waals surface area (Å²) in [6, 6.07) is 4.65. The van der Waals surface area contributed by atoms with Crippen LogP contribution < -0.4 is 0 Å². The van der Waals surface area contributed by atoms with Crippen LogP contribution in [0.25, 0.3) is 6.08 Å². The Bertz CT molecular complexity index is 361. The molecule has 0 bridgehead atoms. The summed E-state index contributed by atoms with van der Waals surface area (Å²) in [5, 5.41) is 0. The van der Waals surface area contributed by atoms with Crippen molar-refractivity contribution in [2.75, 3.05) is 0 Å². The molecule has 0 aliphatic carbocycles. The summed E-state index contributed by atoms with van der Waals surface area (Å²) in [6.07, 6.45) is 9.27. The number of benzene rings is 1. The van der Waals surface area contributed by atoms with Crippen molar-refractivity contribution in [2.24, 2.45) is 0 Å². The van der Waals surface area contributed by atoms with E-state index in [-0.39, 0.29) is 0 Å². The van der Waals surface area contributed by atoms with Gasteiger partial charge in [-0.3, -0.25) is 0 Å². The minimum absolute atomic E-state index is 1.17. The van der Waals surface area contributed by atoms with Crippen LogP contribution in [0.2, 0.25) is 0 Å². The number of rotatable bonds is 7. The summed E-state index contributed by atoms with van der Waals surface area (Å²) in [4.78, 5) is 0. The van der Waals surface area contributed by atoms with Gasteiger partial charge >= 0.3 is 0 Å². The fraction of sp³-hybridized carbons (Fsp3) is 0.529. The molecule has 0 N–H and O–H groups in total. The maximum Gasteiger partial charge on any atom is -0.0196 e. The minimum atomic E-state index is 1.17. The Morgan fingerprint density at radius 1 is 0.882 bits per heavy atom. The van der Waals surface area contributed by atoms with Gasteiger partial charge in [-0.15, -0.1) is 0 Å². The molecular formula is C17H26. The molecule has 0 aliphatic heterocycles. The second kappa shape index (κ2) is 7.32. The molecule has 0 heteroatoms. The lowest BCUT2D eigenvalue weighted by Crippen LogP contribution is -2.01. The van der Waals surface area contributed by atoms with Crippen LogP contribution in [0.1, 0.15) is 62.3 Å². The van der Waals surface area contributed by atoms with Crippen LogP contribution in [0, 0.1) is 0 Å². The highest BCUT2D eigenvalue weighted by atomic mass is 14.1. The minimum Gasteiger partial charge on any atom is -0.0984 e. The van der Waals surface area contributed by atoms with E-state index in [0.29, 0.717) is 0 Å². The molecule has 0 nitrogen and oxygen atoms in total.